The fourth-order valence-corrected chi connectivity index (χ4v) is 3.67. The van der Waals surface area contributed by atoms with Gasteiger partial charge in [-0.25, -0.2) is 4.79 Å². The van der Waals surface area contributed by atoms with Gasteiger partial charge in [0.1, 0.15) is 5.75 Å². The zero-order valence-electron chi connectivity index (χ0n) is 15.9. The smallest absolute Gasteiger partial charge is 0.338 e. The Bertz CT molecular complexity index is 910. The minimum absolute atomic E-state index is 0.109. The highest BCUT2D eigenvalue weighted by molar-refractivity contribution is 8.00. The summed E-state index contributed by atoms with van der Waals surface area (Å²) in [6.45, 7) is 5.78. The van der Waals surface area contributed by atoms with Crippen LogP contribution in [0.4, 0.5) is 5.69 Å². The van der Waals surface area contributed by atoms with Crippen LogP contribution in [0.25, 0.3) is 0 Å². The highest BCUT2D eigenvalue weighted by Gasteiger charge is 2.25. The van der Waals surface area contributed by atoms with Gasteiger partial charge in [0.25, 0.3) is 0 Å². The van der Waals surface area contributed by atoms with Crippen molar-refractivity contribution in [3.63, 3.8) is 0 Å². The third kappa shape index (κ3) is 4.36. The van der Waals surface area contributed by atoms with E-state index >= 15 is 0 Å². The van der Waals surface area contributed by atoms with E-state index in [1.807, 2.05) is 13.8 Å². The van der Waals surface area contributed by atoms with E-state index in [0.29, 0.717) is 23.6 Å². The second-order valence-corrected chi connectivity index (χ2v) is 7.71. The zero-order chi connectivity index (χ0) is 20.3. The van der Waals surface area contributed by atoms with Crippen molar-refractivity contribution in [1.82, 2.24) is 0 Å². The van der Waals surface area contributed by atoms with Gasteiger partial charge in [-0.05, 0) is 63.2 Å². The van der Waals surface area contributed by atoms with Gasteiger partial charge in [-0.1, -0.05) is 0 Å². The number of amides is 1. The summed E-state index contributed by atoms with van der Waals surface area (Å²) in [5.41, 5.74) is 1.29. The normalized spacial score (nSPS) is 16.5. The molecule has 3 rings (SSSR count). The maximum Gasteiger partial charge on any atom is 0.338 e. The molecule has 7 heteroatoms. The number of carbonyl (C=O) groups is 3. The summed E-state index contributed by atoms with van der Waals surface area (Å²) in [6.07, 6.45) is -0.939. The molecule has 0 fully saturated rings. The van der Waals surface area contributed by atoms with Gasteiger partial charge >= 0.3 is 5.97 Å². The molecule has 0 saturated heterocycles. The standard InChI is InChI=1S/C21H21NO5S/c1-4-26-16-8-5-14(6-9-16)19(23)12(2)27-21(25)15-7-10-18-17(11-15)22-20(24)13(3)28-18/h5-13H,4H2,1-3H3,(H,22,24). The van der Waals surface area contributed by atoms with Crippen LogP contribution in [0.15, 0.2) is 47.4 Å². The number of Topliss-reactive ketones (excluding diaryl/α,β-unsaturated/α-hetero) is 1. The van der Waals surface area contributed by atoms with E-state index in [4.69, 9.17) is 9.47 Å². The van der Waals surface area contributed by atoms with E-state index < -0.39 is 12.1 Å². The number of anilines is 1. The van der Waals surface area contributed by atoms with Gasteiger partial charge < -0.3 is 14.8 Å². The van der Waals surface area contributed by atoms with Gasteiger partial charge in [0.15, 0.2) is 6.10 Å². The summed E-state index contributed by atoms with van der Waals surface area (Å²) < 4.78 is 10.7. The summed E-state index contributed by atoms with van der Waals surface area (Å²) in [4.78, 5) is 37.7. The fraction of sp³-hybridized carbons (Fsp3) is 0.286. The summed E-state index contributed by atoms with van der Waals surface area (Å²) >= 11 is 1.43. The highest BCUT2D eigenvalue weighted by atomic mass is 32.2. The number of rotatable bonds is 6. The summed E-state index contributed by atoms with van der Waals surface area (Å²) in [7, 11) is 0. The molecule has 28 heavy (non-hydrogen) atoms. The summed E-state index contributed by atoms with van der Waals surface area (Å²) in [5, 5.41) is 2.59. The van der Waals surface area contributed by atoms with Crippen molar-refractivity contribution in [2.75, 3.05) is 11.9 Å². The van der Waals surface area contributed by atoms with Crippen molar-refractivity contribution < 1.29 is 23.9 Å². The van der Waals surface area contributed by atoms with Gasteiger partial charge in [0.05, 0.1) is 23.1 Å². The SMILES string of the molecule is CCOc1ccc(C(=O)C(C)OC(=O)c2ccc3c(c2)NC(=O)C(C)S3)cc1. The van der Waals surface area contributed by atoms with Crippen molar-refractivity contribution in [3.8, 4) is 5.75 Å². The molecule has 0 radical (unpaired) electrons. The van der Waals surface area contributed by atoms with E-state index in [-0.39, 0.29) is 22.5 Å². The topological polar surface area (TPSA) is 81.7 Å². The van der Waals surface area contributed by atoms with Crippen molar-refractivity contribution in [1.29, 1.82) is 0 Å². The lowest BCUT2D eigenvalue weighted by atomic mass is 10.1. The molecule has 146 valence electrons. The van der Waals surface area contributed by atoms with Crippen LogP contribution in [0.2, 0.25) is 0 Å². The molecule has 0 aliphatic carbocycles. The molecule has 1 aliphatic rings. The number of esters is 1. The molecule has 1 N–H and O–H groups in total. The Hall–Kier alpha value is -2.80. The number of thioether (sulfide) groups is 1. The van der Waals surface area contributed by atoms with Crippen LogP contribution in [0, 0.1) is 0 Å². The van der Waals surface area contributed by atoms with E-state index in [1.54, 1.807) is 42.5 Å². The molecule has 0 saturated carbocycles. The predicted octanol–water partition coefficient (Wildman–Crippen LogP) is 3.95. The van der Waals surface area contributed by atoms with E-state index in [1.165, 1.54) is 18.7 Å². The number of nitrogens with one attached hydrogen (secondary N) is 1. The van der Waals surface area contributed by atoms with E-state index in [0.717, 1.165) is 4.90 Å². The number of benzene rings is 2. The Morgan fingerprint density at radius 2 is 1.82 bits per heavy atom. The lowest BCUT2D eigenvalue weighted by Crippen LogP contribution is -2.27. The molecule has 0 aromatic heterocycles. The van der Waals surface area contributed by atoms with E-state index in [2.05, 4.69) is 5.32 Å². The van der Waals surface area contributed by atoms with Crippen LogP contribution >= 0.6 is 11.8 Å². The largest absolute Gasteiger partial charge is 0.494 e. The fourth-order valence-electron chi connectivity index (χ4n) is 2.73. The number of carbonyl (C=O) groups excluding carboxylic acids is 3. The molecule has 6 nitrogen and oxygen atoms in total. The molecular formula is C21H21NO5S. The van der Waals surface area contributed by atoms with Gasteiger partial charge in [0.2, 0.25) is 11.7 Å². The van der Waals surface area contributed by atoms with Crippen molar-refractivity contribution in [2.45, 2.75) is 37.0 Å². The first-order valence-corrected chi connectivity index (χ1v) is 9.86. The summed E-state index contributed by atoms with van der Waals surface area (Å²) in [6, 6.07) is 11.7. The van der Waals surface area contributed by atoms with Gasteiger partial charge in [-0.3, -0.25) is 9.59 Å². The molecule has 1 amide bonds. The maximum absolute atomic E-state index is 12.5. The molecule has 1 heterocycles. The lowest BCUT2D eigenvalue weighted by Gasteiger charge is -2.21. The molecule has 2 aromatic rings. The molecule has 1 aliphatic heterocycles. The van der Waals surface area contributed by atoms with Crippen LogP contribution in [-0.2, 0) is 9.53 Å². The van der Waals surface area contributed by atoms with Crippen molar-refractivity contribution >= 4 is 35.1 Å². The Kier molecular flexibility index (Phi) is 6.04. The molecule has 2 unspecified atom stereocenters. The van der Waals surface area contributed by atoms with Gasteiger partial charge in [-0.15, -0.1) is 11.8 Å². The van der Waals surface area contributed by atoms with Crippen molar-refractivity contribution in [2.24, 2.45) is 0 Å². The molecule has 2 aromatic carbocycles. The minimum atomic E-state index is -0.939. The molecule has 0 spiro atoms. The van der Waals surface area contributed by atoms with Crippen LogP contribution in [-0.4, -0.2) is 35.6 Å². The minimum Gasteiger partial charge on any atom is -0.494 e. The van der Waals surface area contributed by atoms with Crippen LogP contribution in [0.3, 0.4) is 0 Å². The average molecular weight is 399 g/mol. The van der Waals surface area contributed by atoms with Crippen LogP contribution < -0.4 is 10.1 Å². The second-order valence-electron chi connectivity index (χ2n) is 6.33. The van der Waals surface area contributed by atoms with Gasteiger partial charge in [-0.2, -0.15) is 0 Å². The lowest BCUT2D eigenvalue weighted by molar-refractivity contribution is -0.115. The highest BCUT2D eigenvalue weighted by Crippen LogP contribution is 2.36. The molecule has 0 bridgehead atoms. The Morgan fingerprint density at radius 1 is 1.14 bits per heavy atom. The number of hydrogen-bond donors (Lipinski definition) is 1. The Morgan fingerprint density at radius 3 is 2.50 bits per heavy atom. The quantitative estimate of drug-likeness (QED) is 0.585. The van der Waals surface area contributed by atoms with Gasteiger partial charge in [0, 0.05) is 10.5 Å². The summed E-state index contributed by atoms with van der Waals surface area (Å²) in [5.74, 6) is -0.353. The number of fused-ring (bicyclic) bond motifs is 1. The van der Waals surface area contributed by atoms with E-state index in [9.17, 15) is 14.4 Å². The molecular weight excluding hydrogens is 378 g/mol. The number of ketones is 1. The monoisotopic (exact) mass is 399 g/mol. The number of ether oxygens (including phenoxy) is 2. The third-order valence-corrected chi connectivity index (χ3v) is 5.43. The zero-order valence-corrected chi connectivity index (χ0v) is 16.7. The van der Waals surface area contributed by atoms with Crippen LogP contribution in [0.1, 0.15) is 41.5 Å². The molecule has 2 atom stereocenters. The third-order valence-electron chi connectivity index (χ3n) is 4.25. The maximum atomic E-state index is 12.5. The van der Waals surface area contributed by atoms with Crippen molar-refractivity contribution in [3.05, 3.63) is 53.6 Å². The predicted molar refractivity (Wildman–Crippen MR) is 107 cm³/mol. The first kappa shape index (κ1) is 19.9. The first-order chi connectivity index (χ1) is 13.4. The van der Waals surface area contributed by atoms with Crippen LogP contribution in [0.5, 0.6) is 5.75 Å². The average Bonchev–Trinajstić information content (AvgIpc) is 2.68. The first-order valence-electron chi connectivity index (χ1n) is 8.98. The Labute approximate surface area is 167 Å². The number of hydrogen-bond acceptors (Lipinski definition) is 6. The second kappa shape index (κ2) is 8.48. The Balaban J connectivity index is 1.67.